The van der Waals surface area contributed by atoms with Crippen LogP contribution >= 0.6 is 0 Å². The van der Waals surface area contributed by atoms with E-state index >= 15 is 0 Å². The maximum absolute atomic E-state index is 12.6. The minimum atomic E-state index is -0.179. The fraction of sp³-hybridized carbons (Fsp3) is 0.300. The molecule has 0 aliphatic heterocycles. The predicted molar refractivity (Wildman–Crippen MR) is 101 cm³/mol. The molecule has 26 heavy (non-hydrogen) atoms. The van der Waals surface area contributed by atoms with Gasteiger partial charge in [-0.05, 0) is 38.1 Å². The molecule has 2 heterocycles. The first-order valence-electron chi connectivity index (χ1n) is 8.53. The van der Waals surface area contributed by atoms with E-state index in [1.165, 1.54) is 11.6 Å². The summed E-state index contributed by atoms with van der Waals surface area (Å²) < 4.78 is 1.68. The second-order valence-corrected chi connectivity index (χ2v) is 7.42. The number of hydrogen-bond acceptors (Lipinski definition) is 4. The maximum Gasteiger partial charge on any atom is 0.208 e. The standard InChI is InChI=1S/C20H23N5O/c1-13-6-9-16(10-7-13)25-14(2)18(22-24-25)17(26)11-8-15-12-21-23-19(15)20(3,4)5/h6-12H,1-5H3,(H,21,23)/b11-8-. The van der Waals surface area contributed by atoms with Crippen LogP contribution < -0.4 is 0 Å². The second-order valence-electron chi connectivity index (χ2n) is 7.42. The summed E-state index contributed by atoms with van der Waals surface area (Å²) >= 11 is 0. The highest BCUT2D eigenvalue weighted by Crippen LogP contribution is 2.24. The third-order valence-corrected chi connectivity index (χ3v) is 4.24. The zero-order chi connectivity index (χ0) is 18.9. The molecule has 0 aliphatic rings. The van der Waals surface area contributed by atoms with Crippen LogP contribution in [0.1, 0.15) is 53.8 Å². The van der Waals surface area contributed by atoms with Crippen molar-refractivity contribution in [3.63, 3.8) is 0 Å². The van der Waals surface area contributed by atoms with Crippen molar-refractivity contribution in [3.8, 4) is 5.69 Å². The molecule has 0 saturated heterocycles. The highest BCUT2D eigenvalue weighted by Gasteiger charge is 2.19. The Morgan fingerprint density at radius 3 is 2.50 bits per heavy atom. The van der Waals surface area contributed by atoms with Crippen molar-refractivity contribution < 1.29 is 4.79 Å². The van der Waals surface area contributed by atoms with Crippen LogP contribution in [0.15, 0.2) is 36.5 Å². The summed E-state index contributed by atoms with van der Waals surface area (Å²) in [6.45, 7) is 10.2. The van der Waals surface area contributed by atoms with Gasteiger partial charge in [0.15, 0.2) is 5.69 Å². The average molecular weight is 349 g/mol. The number of nitrogens with one attached hydrogen (secondary N) is 1. The van der Waals surface area contributed by atoms with Crippen molar-refractivity contribution in [1.82, 2.24) is 25.2 Å². The van der Waals surface area contributed by atoms with Crippen LogP contribution in [-0.4, -0.2) is 31.0 Å². The highest BCUT2D eigenvalue weighted by molar-refractivity contribution is 6.06. The minimum absolute atomic E-state index is 0.0797. The van der Waals surface area contributed by atoms with Crippen molar-refractivity contribution in [3.05, 3.63) is 64.7 Å². The largest absolute Gasteiger partial charge is 0.287 e. The third-order valence-electron chi connectivity index (χ3n) is 4.24. The van der Waals surface area contributed by atoms with Crippen LogP contribution in [0, 0.1) is 13.8 Å². The molecule has 0 bridgehead atoms. The van der Waals surface area contributed by atoms with Crippen molar-refractivity contribution >= 4 is 11.9 Å². The molecule has 3 aromatic rings. The Hall–Kier alpha value is -3.02. The molecule has 0 amide bonds. The van der Waals surface area contributed by atoms with Gasteiger partial charge in [0, 0.05) is 16.7 Å². The molecule has 0 fully saturated rings. The quantitative estimate of drug-likeness (QED) is 0.574. The third kappa shape index (κ3) is 3.49. The number of H-pyrrole nitrogens is 1. The van der Waals surface area contributed by atoms with Gasteiger partial charge in [0.25, 0.3) is 0 Å². The average Bonchev–Trinajstić information content (AvgIpc) is 3.20. The monoisotopic (exact) mass is 349 g/mol. The SMILES string of the molecule is Cc1ccc(-n2nnc(C(=O)/C=C\c3cn[nH]c3C(C)(C)C)c2C)cc1. The molecule has 1 aromatic carbocycles. The van der Waals surface area contributed by atoms with E-state index in [1.807, 2.05) is 38.1 Å². The number of aromatic amines is 1. The first-order chi connectivity index (χ1) is 12.3. The molecular formula is C20H23N5O. The zero-order valence-corrected chi connectivity index (χ0v) is 15.7. The number of allylic oxidation sites excluding steroid dienone is 1. The van der Waals surface area contributed by atoms with Crippen LogP contribution in [-0.2, 0) is 5.41 Å². The predicted octanol–water partition coefficient (Wildman–Crippen LogP) is 3.80. The van der Waals surface area contributed by atoms with Crippen LogP contribution in [0.5, 0.6) is 0 Å². The van der Waals surface area contributed by atoms with Crippen molar-refractivity contribution in [1.29, 1.82) is 0 Å². The number of aryl methyl sites for hydroxylation is 1. The Morgan fingerprint density at radius 2 is 1.85 bits per heavy atom. The number of carbonyl (C=O) groups is 1. The fourth-order valence-corrected chi connectivity index (χ4v) is 2.75. The van der Waals surface area contributed by atoms with E-state index in [9.17, 15) is 4.79 Å². The number of hydrogen-bond donors (Lipinski definition) is 1. The van der Waals surface area contributed by atoms with Crippen LogP contribution in [0.2, 0.25) is 0 Å². The lowest BCUT2D eigenvalue weighted by Crippen LogP contribution is -2.13. The lowest BCUT2D eigenvalue weighted by molar-refractivity contribution is 0.104. The number of aromatic nitrogens is 5. The van der Waals surface area contributed by atoms with Crippen molar-refractivity contribution in [2.75, 3.05) is 0 Å². The topological polar surface area (TPSA) is 76.5 Å². The van der Waals surface area contributed by atoms with Crippen LogP contribution in [0.25, 0.3) is 11.8 Å². The first kappa shape index (κ1) is 17.8. The van der Waals surface area contributed by atoms with Crippen molar-refractivity contribution in [2.24, 2.45) is 0 Å². The van der Waals surface area contributed by atoms with Crippen LogP contribution in [0.4, 0.5) is 0 Å². The molecular weight excluding hydrogens is 326 g/mol. The molecule has 0 atom stereocenters. The molecule has 0 spiro atoms. The molecule has 0 aliphatic carbocycles. The highest BCUT2D eigenvalue weighted by atomic mass is 16.1. The number of nitrogens with zero attached hydrogens (tertiary/aromatic N) is 4. The number of carbonyl (C=O) groups excluding carboxylic acids is 1. The van der Waals surface area contributed by atoms with E-state index in [4.69, 9.17) is 0 Å². The van der Waals surface area contributed by atoms with Gasteiger partial charge < -0.3 is 0 Å². The summed E-state index contributed by atoms with van der Waals surface area (Å²) in [5.74, 6) is -0.179. The van der Waals surface area contributed by atoms with Gasteiger partial charge in [-0.2, -0.15) is 5.10 Å². The number of ketones is 1. The summed E-state index contributed by atoms with van der Waals surface area (Å²) in [6, 6.07) is 7.93. The molecule has 0 radical (unpaired) electrons. The van der Waals surface area contributed by atoms with E-state index in [2.05, 4.69) is 41.3 Å². The van der Waals surface area contributed by atoms with Gasteiger partial charge in [-0.3, -0.25) is 9.89 Å². The Morgan fingerprint density at radius 1 is 1.15 bits per heavy atom. The Bertz CT molecular complexity index is 955. The van der Waals surface area contributed by atoms with E-state index in [0.717, 1.165) is 16.9 Å². The van der Waals surface area contributed by atoms with Gasteiger partial charge in [-0.1, -0.05) is 43.7 Å². The van der Waals surface area contributed by atoms with Gasteiger partial charge in [-0.15, -0.1) is 5.10 Å². The smallest absolute Gasteiger partial charge is 0.208 e. The van der Waals surface area contributed by atoms with Gasteiger partial charge in [0.1, 0.15) is 0 Å². The van der Waals surface area contributed by atoms with E-state index < -0.39 is 0 Å². The molecule has 6 nitrogen and oxygen atoms in total. The van der Waals surface area contributed by atoms with E-state index in [1.54, 1.807) is 17.0 Å². The van der Waals surface area contributed by atoms with Crippen molar-refractivity contribution in [2.45, 2.75) is 40.0 Å². The number of rotatable bonds is 4. The normalized spacial score (nSPS) is 12.0. The molecule has 0 unspecified atom stereocenters. The van der Waals surface area contributed by atoms with Gasteiger partial charge in [0.05, 0.1) is 17.6 Å². The Kier molecular flexibility index (Phi) is 4.59. The van der Waals surface area contributed by atoms with Gasteiger partial charge in [-0.25, -0.2) is 4.68 Å². The summed E-state index contributed by atoms with van der Waals surface area (Å²) in [5.41, 5.74) is 4.92. The fourth-order valence-electron chi connectivity index (χ4n) is 2.75. The summed E-state index contributed by atoms with van der Waals surface area (Å²) in [5, 5.41) is 15.3. The summed E-state index contributed by atoms with van der Waals surface area (Å²) in [4.78, 5) is 12.6. The van der Waals surface area contributed by atoms with E-state index in [-0.39, 0.29) is 11.2 Å². The lowest BCUT2D eigenvalue weighted by atomic mass is 9.89. The molecule has 3 rings (SSSR count). The van der Waals surface area contributed by atoms with Gasteiger partial charge >= 0.3 is 0 Å². The lowest BCUT2D eigenvalue weighted by Gasteiger charge is -2.17. The zero-order valence-electron chi connectivity index (χ0n) is 15.7. The Labute approximate surface area is 152 Å². The maximum atomic E-state index is 12.6. The molecule has 134 valence electrons. The number of benzene rings is 1. The van der Waals surface area contributed by atoms with Crippen LogP contribution in [0.3, 0.4) is 0 Å². The molecule has 1 N–H and O–H groups in total. The molecule has 0 saturated carbocycles. The molecule has 2 aromatic heterocycles. The van der Waals surface area contributed by atoms with E-state index in [0.29, 0.717) is 11.4 Å². The second kappa shape index (κ2) is 6.71. The van der Waals surface area contributed by atoms with Gasteiger partial charge in [0.2, 0.25) is 5.78 Å². The summed E-state index contributed by atoms with van der Waals surface area (Å²) in [7, 11) is 0. The Balaban J connectivity index is 1.86. The minimum Gasteiger partial charge on any atom is -0.287 e. The molecule has 6 heteroatoms. The summed E-state index contributed by atoms with van der Waals surface area (Å²) in [6.07, 6.45) is 5.02. The first-order valence-corrected chi connectivity index (χ1v) is 8.53.